The summed E-state index contributed by atoms with van der Waals surface area (Å²) in [5.74, 6) is -1.29. The highest BCUT2D eigenvalue weighted by Gasteiger charge is 2.06. The fourth-order valence-corrected chi connectivity index (χ4v) is 0.918. The van der Waals surface area contributed by atoms with Gasteiger partial charge in [-0.25, -0.2) is 9.00 Å². The summed E-state index contributed by atoms with van der Waals surface area (Å²) in [4.78, 5) is 22.5. The second-order valence-corrected chi connectivity index (χ2v) is 2.65. The number of nitrogens with zero attached hydrogens (tertiary/aromatic N) is 1. The van der Waals surface area contributed by atoms with E-state index in [-0.39, 0.29) is 3.97 Å². The Hall–Kier alpha value is -1.28. The number of hydrogen-bond acceptors (Lipinski definition) is 3. The van der Waals surface area contributed by atoms with Crippen LogP contribution in [-0.4, -0.2) is 17.7 Å². The molecule has 1 unspecified atom stereocenters. The zero-order valence-corrected chi connectivity index (χ0v) is 6.30. The molecule has 0 spiro atoms. The summed E-state index contributed by atoms with van der Waals surface area (Å²) in [6.45, 7) is 0. The van der Waals surface area contributed by atoms with E-state index in [1.54, 1.807) is 0 Å². The highest BCUT2D eigenvalue weighted by molar-refractivity contribution is 7.77. The van der Waals surface area contributed by atoms with E-state index < -0.39 is 28.3 Å². The molecule has 0 aromatic carbocycles. The van der Waals surface area contributed by atoms with Gasteiger partial charge in [-0.05, 0) is 0 Å². The molecular formula is C4H3FN2O4S. The van der Waals surface area contributed by atoms with Crippen LogP contribution in [0.1, 0.15) is 0 Å². The molecule has 8 heteroatoms. The Balaban J connectivity index is 3.54. The van der Waals surface area contributed by atoms with Gasteiger partial charge in [-0.3, -0.25) is 14.3 Å². The Bertz CT molecular complexity index is 435. The highest BCUT2D eigenvalue weighted by Crippen LogP contribution is 1.83. The molecule has 0 bridgehead atoms. The maximum absolute atomic E-state index is 12.4. The lowest BCUT2D eigenvalue weighted by atomic mass is 10.6. The number of nitrogens with one attached hydrogen (secondary N) is 1. The van der Waals surface area contributed by atoms with Gasteiger partial charge in [0.25, 0.3) is 16.8 Å². The molecule has 1 heterocycles. The molecule has 66 valence electrons. The van der Waals surface area contributed by atoms with Crippen LogP contribution in [0.2, 0.25) is 0 Å². The van der Waals surface area contributed by atoms with Crippen molar-refractivity contribution in [1.29, 1.82) is 0 Å². The number of rotatable bonds is 1. The van der Waals surface area contributed by atoms with Crippen LogP contribution in [0.3, 0.4) is 0 Å². The number of aromatic nitrogens is 2. The smallest absolute Gasteiger partial charge is 0.289 e. The van der Waals surface area contributed by atoms with Crippen molar-refractivity contribution in [2.24, 2.45) is 0 Å². The molecule has 0 amide bonds. The van der Waals surface area contributed by atoms with Gasteiger partial charge in [0.2, 0.25) is 5.82 Å². The summed E-state index contributed by atoms with van der Waals surface area (Å²) >= 11 is -2.67. The Labute approximate surface area is 67.1 Å². The third-order valence-corrected chi connectivity index (χ3v) is 1.64. The van der Waals surface area contributed by atoms with Gasteiger partial charge in [-0.2, -0.15) is 8.36 Å². The Kier molecular flexibility index (Phi) is 2.20. The van der Waals surface area contributed by atoms with Crippen LogP contribution in [0.4, 0.5) is 4.39 Å². The van der Waals surface area contributed by atoms with Crippen LogP contribution in [-0.2, 0) is 11.3 Å². The summed E-state index contributed by atoms with van der Waals surface area (Å²) in [5, 5.41) is 0. The van der Waals surface area contributed by atoms with Crippen molar-refractivity contribution in [2.45, 2.75) is 0 Å². The largest absolute Gasteiger partial charge is 0.342 e. The van der Waals surface area contributed by atoms with Gasteiger partial charge < -0.3 is 0 Å². The summed E-state index contributed by atoms with van der Waals surface area (Å²) in [5.41, 5.74) is -2.36. The van der Waals surface area contributed by atoms with Crippen molar-refractivity contribution in [3.63, 3.8) is 0 Å². The lowest BCUT2D eigenvalue weighted by Gasteiger charge is -1.95. The van der Waals surface area contributed by atoms with Crippen molar-refractivity contribution < 1.29 is 13.2 Å². The van der Waals surface area contributed by atoms with E-state index >= 15 is 0 Å². The molecule has 1 atom stereocenters. The first-order chi connectivity index (χ1) is 5.52. The van der Waals surface area contributed by atoms with Crippen molar-refractivity contribution in [2.75, 3.05) is 0 Å². The number of halogens is 1. The topological polar surface area (TPSA) is 92.2 Å². The van der Waals surface area contributed by atoms with Gasteiger partial charge in [0.05, 0.1) is 6.20 Å². The monoisotopic (exact) mass is 194 g/mol. The second kappa shape index (κ2) is 2.99. The quantitative estimate of drug-likeness (QED) is 0.541. The molecule has 1 aromatic rings. The van der Waals surface area contributed by atoms with Crippen LogP contribution in [0.5, 0.6) is 0 Å². The molecular weight excluding hydrogens is 191 g/mol. The summed E-state index contributed by atoms with van der Waals surface area (Å²) in [6.07, 6.45) is 0.358. The molecule has 0 fully saturated rings. The summed E-state index contributed by atoms with van der Waals surface area (Å²) in [6, 6.07) is 0. The standard InChI is InChI=1S/C4H3FN2O4S/c5-2-1-7(12(10)11)4(9)6-3(2)8/h1H,(H,10,11)(H,6,8,9). The Morgan fingerprint density at radius 3 is 2.67 bits per heavy atom. The molecule has 0 radical (unpaired) electrons. The van der Waals surface area contributed by atoms with E-state index in [1.807, 2.05) is 0 Å². The highest BCUT2D eigenvalue weighted by atomic mass is 32.2. The first kappa shape index (κ1) is 8.81. The lowest BCUT2D eigenvalue weighted by molar-refractivity contribution is 0.540. The first-order valence-corrected chi connectivity index (χ1v) is 3.71. The predicted molar refractivity (Wildman–Crippen MR) is 37.4 cm³/mol. The van der Waals surface area contributed by atoms with Crippen LogP contribution >= 0.6 is 0 Å². The van der Waals surface area contributed by atoms with Crippen LogP contribution in [0.15, 0.2) is 15.8 Å². The van der Waals surface area contributed by atoms with Gasteiger partial charge in [0.15, 0.2) is 0 Å². The van der Waals surface area contributed by atoms with Crippen molar-refractivity contribution >= 4 is 11.3 Å². The van der Waals surface area contributed by atoms with Gasteiger partial charge in [-0.1, -0.05) is 0 Å². The van der Waals surface area contributed by atoms with Crippen molar-refractivity contribution in [3.05, 3.63) is 32.9 Å². The van der Waals surface area contributed by atoms with E-state index in [1.165, 1.54) is 4.98 Å². The fourth-order valence-electron chi connectivity index (χ4n) is 0.548. The minimum atomic E-state index is -2.67. The molecule has 12 heavy (non-hydrogen) atoms. The van der Waals surface area contributed by atoms with Crippen LogP contribution < -0.4 is 11.2 Å². The normalized spacial score (nSPS) is 12.8. The predicted octanol–water partition coefficient (Wildman–Crippen LogP) is -1.34. The molecule has 1 rings (SSSR count). The van der Waals surface area contributed by atoms with Gasteiger partial charge in [-0.15, -0.1) is 0 Å². The number of aromatic amines is 1. The maximum Gasteiger partial charge on any atom is 0.342 e. The van der Waals surface area contributed by atoms with E-state index in [0.29, 0.717) is 6.20 Å². The molecule has 0 aliphatic carbocycles. The summed E-state index contributed by atoms with van der Waals surface area (Å²) in [7, 11) is 0. The van der Waals surface area contributed by atoms with Crippen LogP contribution in [0.25, 0.3) is 0 Å². The molecule has 0 aliphatic rings. The minimum Gasteiger partial charge on any atom is -0.289 e. The van der Waals surface area contributed by atoms with E-state index in [4.69, 9.17) is 4.55 Å². The van der Waals surface area contributed by atoms with Crippen LogP contribution in [0, 0.1) is 5.82 Å². The van der Waals surface area contributed by atoms with E-state index in [0.717, 1.165) is 0 Å². The first-order valence-electron chi connectivity index (χ1n) is 2.65. The lowest BCUT2D eigenvalue weighted by Crippen LogP contribution is -2.32. The average Bonchev–Trinajstić information content (AvgIpc) is 1.96. The van der Waals surface area contributed by atoms with E-state index in [9.17, 15) is 18.2 Å². The minimum absolute atomic E-state index is 0.150. The van der Waals surface area contributed by atoms with Gasteiger partial charge in [0, 0.05) is 0 Å². The van der Waals surface area contributed by atoms with Gasteiger partial charge >= 0.3 is 5.69 Å². The summed E-state index contributed by atoms with van der Waals surface area (Å²) < 4.78 is 31.2. The molecule has 6 nitrogen and oxygen atoms in total. The molecule has 0 saturated carbocycles. The SMILES string of the molecule is O=c1[nH]c(=O)n(S(=O)O)cc1F. The second-order valence-electron chi connectivity index (χ2n) is 1.79. The Morgan fingerprint density at radius 2 is 2.17 bits per heavy atom. The zero-order chi connectivity index (χ0) is 9.30. The van der Waals surface area contributed by atoms with Crippen molar-refractivity contribution in [1.82, 2.24) is 8.96 Å². The van der Waals surface area contributed by atoms with E-state index in [2.05, 4.69) is 0 Å². The number of H-pyrrole nitrogens is 1. The third-order valence-electron chi connectivity index (χ3n) is 1.04. The van der Waals surface area contributed by atoms with Crippen molar-refractivity contribution in [3.8, 4) is 0 Å². The fraction of sp³-hybridized carbons (Fsp3) is 0. The van der Waals surface area contributed by atoms with Gasteiger partial charge in [0.1, 0.15) is 0 Å². The number of hydrogen-bond donors (Lipinski definition) is 2. The Morgan fingerprint density at radius 1 is 1.58 bits per heavy atom. The maximum atomic E-state index is 12.4. The zero-order valence-electron chi connectivity index (χ0n) is 5.48. The molecule has 1 aromatic heterocycles. The average molecular weight is 194 g/mol. The molecule has 2 N–H and O–H groups in total. The molecule has 0 aliphatic heterocycles. The third kappa shape index (κ3) is 1.48. The molecule has 0 saturated heterocycles.